The molecule has 832 valence electrons. The van der Waals surface area contributed by atoms with E-state index >= 15 is 0 Å². The number of aliphatic hydroxyl groups excluding tert-OH is 39. The summed E-state index contributed by atoms with van der Waals surface area (Å²) < 4.78 is 147. The molecule has 0 aliphatic carbocycles. The van der Waals surface area contributed by atoms with Crippen molar-refractivity contribution in [3.8, 4) is 0 Å². The molecule has 43 saturated heterocycles. The molecule has 43 aliphatic rings. The minimum atomic E-state index is -2.21. The Hall–Kier alpha value is -2.60. The Balaban J connectivity index is 0.000000230. The van der Waals surface area contributed by atoms with E-state index in [0.29, 0.717) is 0 Å². The summed E-state index contributed by atoms with van der Waals surface area (Å²) in [5.74, 6) is 0. The molecule has 0 aromatic carbocycles. The van der Waals surface area contributed by atoms with Crippen LogP contribution in [0.1, 0.15) is 0 Å². The van der Waals surface area contributed by atoms with Crippen LogP contribution in [0, 0.1) is 0 Å². The van der Waals surface area contributed by atoms with Crippen molar-refractivity contribution in [3.05, 3.63) is 0 Å². The average Bonchev–Trinajstić information content (AvgIpc) is 0.903. The van der Waals surface area contributed by atoms with E-state index in [1.807, 2.05) is 0 Å². The van der Waals surface area contributed by atoms with Gasteiger partial charge in [-0.2, -0.15) is 0 Å². The van der Waals surface area contributed by atoms with Crippen molar-refractivity contribution >= 4 is 0 Å². The first-order valence-corrected chi connectivity index (χ1v) is 45.7. The first-order valence-electron chi connectivity index (χ1n) is 45.7. The van der Waals surface area contributed by atoms with Crippen LogP contribution in [0.5, 0.6) is 0 Å². The van der Waals surface area contributed by atoms with Gasteiger partial charge in [0, 0.05) is 0 Å². The zero-order chi connectivity index (χ0) is 104. The van der Waals surface area contributed by atoms with E-state index in [0.717, 1.165) is 0 Å². The van der Waals surface area contributed by atoms with Gasteiger partial charge >= 0.3 is 0 Å². The fourth-order valence-corrected chi connectivity index (χ4v) is 19.3. The van der Waals surface area contributed by atoms with Crippen LogP contribution in [0.3, 0.4) is 0 Å². The second-order valence-electron chi connectivity index (χ2n) is 36.5. The Morgan fingerprint density at radius 2 is 0.140 bits per heavy atom. The van der Waals surface area contributed by atoms with Crippen LogP contribution in [0.25, 0.3) is 0 Å². The summed E-state index contributed by atoms with van der Waals surface area (Å²) in [4.78, 5) is 0. The predicted molar refractivity (Wildman–Crippen MR) is 424 cm³/mol. The molecule has 0 unspecified atom stereocenters. The topological polar surface area (TPSA) is 1030 Å². The number of rotatable bonds is 13. The second kappa shape index (κ2) is 49.9. The Bertz CT molecular complexity index is 3170. The third-order valence-electron chi connectivity index (χ3n) is 27.5. The maximum Gasteiger partial charge on any atom is 0.187 e. The third kappa shape index (κ3) is 23.4. The predicted octanol–water partition coefficient (Wildman–Crippen LogP) is -28.3. The Morgan fingerprint density at radius 3 is 0.189 bits per heavy atom. The van der Waals surface area contributed by atoms with Gasteiger partial charge in [0.2, 0.25) is 0 Å². The summed E-state index contributed by atoms with van der Waals surface area (Å²) in [7, 11) is 0. The molecule has 65 nitrogen and oxygen atoms in total. The first kappa shape index (κ1) is 116. The van der Waals surface area contributed by atoms with E-state index in [-0.39, 0.29) is 0 Å². The SMILES string of the molecule is OC[C@H]1O[C@@H]2O[C@H]3[C@H](O)[C@@H](O)[C@@H](O[C@H]4[C@H](O)[C@@H](O)[C@@H](O[C@H]5[C@H](O)[C@@H](O)[C@@H](O[C@H]6[C@H](O)[C@@H](O)[C@@H](O[C@H]7[C@H](O)[C@@H](O)[C@@H](O[C@H]1[C@H](O)[C@H]2O)O[C@@H]7CO)O[C@@H]6CO)O[C@@H]5CO)O[C@@H]4CO)O[C@@H]3CO.OC[C@H]1O[C@@H]2O[C@H]3[C@H](O)[C@@H](O)[C@@H](O[C@H]4[C@H](O)[C@@H](O)[C@@H](O[C@H]5[C@H](O)[C@@H](O)[C@@H](O[C@H]6[C@H](O)[C@@H](O)[C@@H](O[C@H]7[C@H](O)[C@@H](O)[C@@H](O[C@H]8[C@H](O)[C@@H](O)[C@@H](O[C@H]1[C@H](O)[C@H]2O)O[C@@H]8CO)O[C@@H]7CO)O[C@@H]6CO)O[C@@H]5CO)O[C@@H]4CO)O[C@@H]3CO. The molecule has 0 aromatic rings. The van der Waals surface area contributed by atoms with Gasteiger partial charge in [0.05, 0.1) is 85.9 Å². The van der Waals surface area contributed by atoms with Crippen molar-refractivity contribution in [1.29, 1.82) is 0 Å². The molecule has 0 saturated carbocycles. The van der Waals surface area contributed by atoms with Crippen LogP contribution in [0.4, 0.5) is 0 Å². The molecule has 43 heterocycles. The minimum Gasteiger partial charge on any atom is -0.394 e. The standard InChI is InChI=1S/C42H70O35.C36H60O30/c43-1-8-29-15(50)22(57)36(64-8)72-30-9(2-44)66-38(24(59)17(30)52)74-32-11(4-46)68-40(26(61)19(32)54)76-34-13(6-48)70-42(28(63)21(34)56)77-35-14(7-49)69-41(27(62)20(35)55)75-33-12(5-47)67-39(25(60)18(33)53)73-31-10(3-45)65-37(71-29)23(58)16(31)51;37-1-7-25-13(43)19(49)31(55-7)62-26-8(2-38)57-33(21(51)15(26)45)64-28-10(4-40)59-35(23(53)17(28)47)66-30-12(6-42)60-36(24(54)18(30)48)65-29-11(5-41)58-34(22(52)16(29)46)63-27-9(3-39)56-32(61-25)20(50)14(27)44/h8-63H,1-7H2;7-54H,1-6H2/t8-,9-,10-,11-,12-,13-,14-,15-,16-,17-,18-,19-,20-,21-,22-,23-,24-,25-,26-,27-,28-,29-,30-,31-,32-,33-,34-,35-,36-,37-,38-,39-,40-,41-,42-;7-,8-,9-,10-,11-,12-,13-,14-,15-,16-,17-,18-,19-,20-,21-,22-,23-,24-,25-,26-,27-,28-,29-,30-,31-,32-,33-,34-,35-,36-/m11/s1. The monoisotopic (exact) mass is 2110 g/mol. The van der Waals surface area contributed by atoms with Gasteiger partial charge in [-0.05, 0) is 0 Å². The Labute approximate surface area is 805 Å². The molecule has 143 heavy (non-hydrogen) atoms. The zero-order valence-corrected chi connectivity index (χ0v) is 74.8. The number of hydrogen-bond acceptors (Lipinski definition) is 65. The van der Waals surface area contributed by atoms with E-state index in [1.54, 1.807) is 0 Å². The first-order chi connectivity index (χ1) is 68.1. The lowest BCUT2D eigenvalue weighted by atomic mass is 9.94. The average molecular weight is 2110 g/mol. The molecule has 65 heteroatoms. The van der Waals surface area contributed by atoms with Crippen LogP contribution < -0.4 is 0 Å². The molecule has 0 amide bonds. The molecule has 43 fully saturated rings. The quantitative estimate of drug-likeness (QED) is 0.0814. The smallest absolute Gasteiger partial charge is 0.187 e. The molecular formula is C78H130O65. The van der Waals surface area contributed by atoms with Crippen molar-refractivity contribution in [2.24, 2.45) is 0 Å². The summed E-state index contributed by atoms with van der Waals surface area (Å²) in [5, 5.41) is 426. The van der Waals surface area contributed by atoms with Gasteiger partial charge in [0.15, 0.2) is 81.8 Å². The highest BCUT2D eigenvalue weighted by Gasteiger charge is 2.65. The minimum absolute atomic E-state index is 0.999. The molecular weight excluding hydrogens is 1980 g/mol. The molecule has 43 aliphatic heterocycles. The Kier molecular flexibility index (Phi) is 40.4. The molecule has 0 spiro atoms. The fourth-order valence-electron chi connectivity index (χ4n) is 19.3. The highest BCUT2D eigenvalue weighted by molar-refractivity contribution is 5.07. The van der Waals surface area contributed by atoms with Gasteiger partial charge in [-0.15, -0.1) is 0 Å². The van der Waals surface area contributed by atoms with Crippen LogP contribution in [0.15, 0.2) is 0 Å². The molecule has 65 atom stereocenters. The van der Waals surface area contributed by atoms with E-state index < -0.39 is 485 Å². The normalized spacial score (nSPS) is 55.4. The maximum atomic E-state index is 11.3. The lowest BCUT2D eigenvalue weighted by Gasteiger charge is -2.50. The molecule has 26 bridgehead atoms. The van der Waals surface area contributed by atoms with E-state index in [1.165, 1.54) is 0 Å². The van der Waals surface area contributed by atoms with Gasteiger partial charge in [-0.25, -0.2) is 0 Å². The number of ether oxygens (including phenoxy) is 26. The van der Waals surface area contributed by atoms with Crippen LogP contribution in [0.2, 0.25) is 0 Å². The highest BCUT2D eigenvalue weighted by Crippen LogP contribution is 2.44. The largest absolute Gasteiger partial charge is 0.394 e. The summed E-state index contributed by atoms with van der Waals surface area (Å²) in [6.07, 6.45) is -129. The Morgan fingerprint density at radius 1 is 0.0839 bits per heavy atom. The lowest BCUT2D eigenvalue weighted by Crippen LogP contribution is -2.69. The summed E-state index contributed by atoms with van der Waals surface area (Å²) in [6.45, 7) is -13.3. The van der Waals surface area contributed by atoms with E-state index in [2.05, 4.69) is 0 Å². The van der Waals surface area contributed by atoms with Crippen LogP contribution >= 0.6 is 0 Å². The fraction of sp³-hybridized carbons (Fsp3) is 1.00. The number of hydrogen-bond donors (Lipinski definition) is 39. The summed E-state index contributed by atoms with van der Waals surface area (Å²) in [5.41, 5.74) is 0. The summed E-state index contributed by atoms with van der Waals surface area (Å²) in [6, 6.07) is 0. The molecule has 43 rings (SSSR count). The molecule has 39 N–H and O–H groups in total. The number of aliphatic hydroxyl groups is 39. The molecule has 0 aromatic heterocycles. The van der Waals surface area contributed by atoms with Gasteiger partial charge in [-0.1, -0.05) is 0 Å². The third-order valence-corrected chi connectivity index (χ3v) is 27.5. The van der Waals surface area contributed by atoms with E-state index in [9.17, 15) is 199 Å². The van der Waals surface area contributed by atoms with Crippen molar-refractivity contribution in [3.63, 3.8) is 0 Å². The molecule has 0 radical (unpaired) electrons. The van der Waals surface area contributed by atoms with Gasteiger partial charge < -0.3 is 322 Å². The summed E-state index contributed by atoms with van der Waals surface area (Å²) >= 11 is 0. The van der Waals surface area contributed by atoms with Gasteiger partial charge in [-0.3, -0.25) is 0 Å². The second-order valence-corrected chi connectivity index (χ2v) is 36.5. The lowest BCUT2D eigenvalue weighted by molar-refractivity contribution is -0.404. The van der Waals surface area contributed by atoms with Crippen molar-refractivity contribution in [2.45, 2.75) is 399 Å². The van der Waals surface area contributed by atoms with Gasteiger partial charge in [0.1, 0.15) is 317 Å². The van der Waals surface area contributed by atoms with Crippen LogP contribution in [-0.2, 0) is 123 Å². The van der Waals surface area contributed by atoms with Crippen molar-refractivity contribution < 1.29 is 322 Å². The highest BCUT2D eigenvalue weighted by atomic mass is 16.8. The van der Waals surface area contributed by atoms with E-state index in [4.69, 9.17) is 123 Å². The zero-order valence-electron chi connectivity index (χ0n) is 74.8. The van der Waals surface area contributed by atoms with Gasteiger partial charge in [0.25, 0.3) is 0 Å². The van der Waals surface area contributed by atoms with Crippen LogP contribution in [-0.4, -0.2) is 684 Å². The maximum absolute atomic E-state index is 11.3. The van der Waals surface area contributed by atoms with Crippen molar-refractivity contribution in [1.82, 2.24) is 0 Å². The van der Waals surface area contributed by atoms with Crippen molar-refractivity contribution in [2.75, 3.05) is 85.9 Å².